The second kappa shape index (κ2) is 16.2. The van der Waals surface area contributed by atoms with E-state index in [1.807, 2.05) is 54.6 Å². The van der Waals surface area contributed by atoms with Gasteiger partial charge in [-0.2, -0.15) is 0 Å². The van der Waals surface area contributed by atoms with Crippen LogP contribution in [-0.2, 0) is 21.5 Å². The van der Waals surface area contributed by atoms with Gasteiger partial charge in [0.05, 0.1) is 18.3 Å². The Hall–Kier alpha value is -1.80. The number of benzene rings is 3. The molecule has 0 saturated heterocycles. The third-order valence-corrected chi connectivity index (χ3v) is 16.7. The van der Waals surface area contributed by atoms with Gasteiger partial charge >= 0.3 is 34.7 Å². The number of hydrogen-bond acceptors (Lipinski definition) is 5. The van der Waals surface area contributed by atoms with E-state index in [2.05, 4.69) is 110 Å². The molecule has 224 valence electrons. The summed E-state index contributed by atoms with van der Waals surface area (Å²) in [5.74, 6) is 0. The van der Waals surface area contributed by atoms with Crippen LogP contribution in [0.5, 0.6) is 0 Å². The van der Waals surface area contributed by atoms with E-state index in [1.165, 1.54) is 16.7 Å². The lowest BCUT2D eigenvalue weighted by Gasteiger charge is -2.36. The summed E-state index contributed by atoms with van der Waals surface area (Å²) < 4.78 is 31.0. The third-order valence-electron chi connectivity index (χ3n) is 6.17. The highest BCUT2D eigenvalue weighted by Crippen LogP contribution is 2.28. The van der Waals surface area contributed by atoms with Crippen molar-refractivity contribution in [2.45, 2.75) is 84.9 Å². The second-order valence-corrected chi connectivity index (χ2v) is 24.2. The lowest BCUT2D eigenvalue weighted by Crippen LogP contribution is -2.49. The molecule has 3 aromatic carbocycles. The Balaban J connectivity index is 0.000000317. The third kappa shape index (κ3) is 13.8. The van der Waals surface area contributed by atoms with Gasteiger partial charge in [0.2, 0.25) is 0 Å². The molecule has 0 bridgehead atoms. The van der Waals surface area contributed by atoms with Gasteiger partial charge in [0.1, 0.15) is 0 Å². The van der Waals surface area contributed by atoms with E-state index in [9.17, 15) is 0 Å². The van der Waals surface area contributed by atoms with Crippen molar-refractivity contribution >= 4 is 34.7 Å². The maximum absolute atomic E-state index is 6.44. The molecule has 0 aromatic heterocycles. The molecule has 0 aliphatic heterocycles. The standard InChI is InChI=1S/C20H30O3Si2.C12H21O2Si2/c1-17(19-13-9-7-10-14-19)21-24(3,4)23-25(5,6)22-18(2)20-15-11-8-12-16-20;1-11(12-9-7-6-8-10-12)13-16(4,5)14-15(2)3/h7-18H,1-6H3;6-11,15H,2H2,1,3-5H3/q;+1. The van der Waals surface area contributed by atoms with Crippen molar-refractivity contribution in [2.75, 3.05) is 0 Å². The molecule has 0 spiro atoms. The molecule has 0 aliphatic rings. The number of rotatable bonds is 13. The molecular weight excluding hydrogens is 577 g/mol. The molecule has 0 heterocycles. The summed E-state index contributed by atoms with van der Waals surface area (Å²) >= 11 is 0. The van der Waals surface area contributed by atoms with E-state index < -0.39 is 34.7 Å². The molecule has 5 nitrogen and oxygen atoms in total. The first-order valence-corrected chi connectivity index (χ1v) is 25.4. The van der Waals surface area contributed by atoms with E-state index in [4.69, 9.17) is 21.5 Å². The first-order chi connectivity index (χ1) is 19.1. The van der Waals surface area contributed by atoms with Crippen LogP contribution in [0.3, 0.4) is 0 Å². The van der Waals surface area contributed by atoms with Gasteiger partial charge < -0.3 is 21.5 Å². The van der Waals surface area contributed by atoms with Crippen LogP contribution in [0.25, 0.3) is 0 Å². The van der Waals surface area contributed by atoms with Crippen molar-refractivity contribution in [1.82, 2.24) is 0 Å². The summed E-state index contributed by atoms with van der Waals surface area (Å²) in [5.41, 5.74) is 3.54. The van der Waals surface area contributed by atoms with Crippen LogP contribution in [0.2, 0.25) is 45.8 Å². The first kappa shape index (κ1) is 35.4. The van der Waals surface area contributed by atoms with Gasteiger partial charge in [-0.05, 0) is 83.3 Å². The minimum absolute atomic E-state index is 0.0132. The van der Waals surface area contributed by atoms with Crippen molar-refractivity contribution in [3.05, 3.63) is 114 Å². The zero-order valence-corrected chi connectivity index (χ0v) is 30.9. The Bertz CT molecular complexity index is 1070. The Labute approximate surface area is 254 Å². The predicted octanol–water partition coefficient (Wildman–Crippen LogP) is 9.17. The van der Waals surface area contributed by atoms with Crippen LogP contribution in [0.1, 0.15) is 55.8 Å². The molecule has 0 fully saturated rings. The maximum atomic E-state index is 6.44. The SMILES string of the molecule is CC(O[Si](C)(C)O[Si](C)(C)OC(C)c1ccccc1)c1ccccc1.[CH2+][SiH](C)O[Si](C)(C)OC(C)c1ccccc1. The van der Waals surface area contributed by atoms with Gasteiger partial charge in [-0.15, -0.1) is 0 Å². The second-order valence-electron chi connectivity index (χ2n) is 11.7. The van der Waals surface area contributed by atoms with Crippen molar-refractivity contribution in [2.24, 2.45) is 0 Å². The Morgan fingerprint density at radius 2 is 0.780 bits per heavy atom. The molecule has 0 amide bonds. The summed E-state index contributed by atoms with van der Waals surface area (Å²) in [6.45, 7) is 24.8. The molecular formula is C32H51O5Si4+. The van der Waals surface area contributed by atoms with Crippen molar-refractivity contribution in [1.29, 1.82) is 0 Å². The molecule has 0 saturated carbocycles. The Morgan fingerprint density at radius 1 is 0.512 bits per heavy atom. The Kier molecular flexibility index (Phi) is 13.9. The average molecular weight is 628 g/mol. The average Bonchev–Trinajstić information content (AvgIpc) is 2.88. The molecule has 3 rings (SSSR count). The molecule has 0 aliphatic carbocycles. The Morgan fingerprint density at radius 3 is 1.05 bits per heavy atom. The van der Waals surface area contributed by atoms with Crippen LogP contribution < -0.4 is 0 Å². The van der Waals surface area contributed by atoms with Crippen LogP contribution in [0.4, 0.5) is 0 Å². The molecule has 4 unspecified atom stereocenters. The fourth-order valence-electron chi connectivity index (χ4n) is 4.81. The predicted molar refractivity (Wildman–Crippen MR) is 181 cm³/mol. The monoisotopic (exact) mass is 627 g/mol. The molecule has 41 heavy (non-hydrogen) atoms. The molecule has 3 aromatic rings. The lowest BCUT2D eigenvalue weighted by atomic mass is 10.1. The van der Waals surface area contributed by atoms with E-state index >= 15 is 0 Å². The maximum Gasteiger partial charge on any atom is 0.383 e. The van der Waals surface area contributed by atoms with Gasteiger partial charge in [-0.1, -0.05) is 91.0 Å². The highest BCUT2D eigenvalue weighted by Gasteiger charge is 2.39. The van der Waals surface area contributed by atoms with Crippen LogP contribution in [-0.4, -0.2) is 34.7 Å². The van der Waals surface area contributed by atoms with Crippen molar-refractivity contribution in [3.63, 3.8) is 0 Å². The van der Waals surface area contributed by atoms with Gasteiger partial charge in [0, 0.05) is 6.55 Å². The van der Waals surface area contributed by atoms with Gasteiger partial charge in [0.15, 0.2) is 0 Å². The summed E-state index contributed by atoms with van der Waals surface area (Å²) in [6.07, 6.45) is 0.119. The molecule has 4 atom stereocenters. The topological polar surface area (TPSA) is 46.2 Å². The van der Waals surface area contributed by atoms with Crippen molar-refractivity contribution < 1.29 is 21.5 Å². The first-order valence-electron chi connectivity index (χ1n) is 14.5. The van der Waals surface area contributed by atoms with E-state index in [0.717, 1.165) is 0 Å². The molecule has 9 heteroatoms. The summed E-state index contributed by atoms with van der Waals surface area (Å²) in [4.78, 5) is 0. The minimum atomic E-state index is -2.32. The number of hydrogen-bond donors (Lipinski definition) is 0. The zero-order valence-electron chi connectivity index (χ0n) is 26.7. The summed E-state index contributed by atoms with van der Waals surface area (Å²) in [6, 6.07) is 30.8. The van der Waals surface area contributed by atoms with Gasteiger partial charge in [-0.25, -0.2) is 0 Å². The van der Waals surface area contributed by atoms with Crippen LogP contribution in [0.15, 0.2) is 91.0 Å². The van der Waals surface area contributed by atoms with Crippen LogP contribution in [0, 0.1) is 6.55 Å². The normalized spacial score (nSPS) is 15.3. The quantitative estimate of drug-likeness (QED) is 0.140. The van der Waals surface area contributed by atoms with E-state index in [0.29, 0.717) is 0 Å². The smallest absolute Gasteiger partial charge is 0.383 e. The zero-order chi connectivity index (χ0) is 30.7. The van der Waals surface area contributed by atoms with E-state index in [-0.39, 0.29) is 18.3 Å². The lowest BCUT2D eigenvalue weighted by molar-refractivity contribution is 0.132. The highest BCUT2D eigenvalue weighted by molar-refractivity contribution is 6.78. The summed E-state index contributed by atoms with van der Waals surface area (Å²) in [7, 11) is -7.91. The van der Waals surface area contributed by atoms with Crippen LogP contribution >= 0.6 is 0 Å². The fraction of sp³-hybridized carbons (Fsp3) is 0.406. The van der Waals surface area contributed by atoms with E-state index in [1.54, 1.807) is 0 Å². The molecule has 0 radical (unpaired) electrons. The van der Waals surface area contributed by atoms with Gasteiger partial charge in [-0.3, -0.25) is 0 Å². The van der Waals surface area contributed by atoms with Gasteiger partial charge in [0.25, 0.3) is 0 Å². The minimum Gasteiger partial charge on any atom is -0.415 e. The fourth-order valence-corrected chi connectivity index (χ4v) is 17.0. The van der Waals surface area contributed by atoms with Crippen molar-refractivity contribution in [3.8, 4) is 0 Å². The summed E-state index contributed by atoms with van der Waals surface area (Å²) in [5, 5.41) is 0. The molecule has 0 N–H and O–H groups in total. The largest absolute Gasteiger partial charge is 0.415 e. The highest BCUT2D eigenvalue weighted by atomic mass is 28.5.